The number of fused-ring (bicyclic) bond motifs is 1. The van der Waals surface area contributed by atoms with Crippen molar-refractivity contribution in [1.82, 2.24) is 28.7 Å². The first kappa shape index (κ1) is 21.5. The number of nitrogens with one attached hydrogen (secondary N) is 2. The van der Waals surface area contributed by atoms with Gasteiger partial charge in [-0.25, -0.2) is 13.4 Å². The molecule has 1 aliphatic rings. The molecule has 1 fully saturated rings. The summed E-state index contributed by atoms with van der Waals surface area (Å²) in [6.07, 6.45) is 2.65. The van der Waals surface area contributed by atoms with Crippen LogP contribution in [-0.4, -0.2) is 76.9 Å². The Morgan fingerprint density at radius 3 is 2.61 bits per heavy atom. The van der Waals surface area contributed by atoms with Crippen LogP contribution in [0.1, 0.15) is 13.3 Å². The monoisotopic (exact) mass is 444 g/mol. The summed E-state index contributed by atoms with van der Waals surface area (Å²) in [7, 11) is 0.318. The number of rotatable bonds is 7. The van der Waals surface area contributed by atoms with Gasteiger partial charge in [-0.05, 0) is 31.7 Å². The van der Waals surface area contributed by atoms with E-state index < -0.39 is 10.0 Å². The second-order valence-corrected chi connectivity index (χ2v) is 9.65. The van der Waals surface area contributed by atoms with Crippen LogP contribution in [0.25, 0.3) is 11.2 Å². The topological polar surface area (TPSA) is 108 Å². The van der Waals surface area contributed by atoms with Gasteiger partial charge in [-0.3, -0.25) is 0 Å². The van der Waals surface area contributed by atoms with E-state index >= 15 is 0 Å². The Morgan fingerprint density at radius 1 is 1.10 bits per heavy atom. The number of anilines is 3. The van der Waals surface area contributed by atoms with Crippen molar-refractivity contribution in [3.63, 3.8) is 0 Å². The van der Waals surface area contributed by atoms with Crippen molar-refractivity contribution in [2.24, 2.45) is 7.05 Å². The summed E-state index contributed by atoms with van der Waals surface area (Å²) < 4.78 is 29.5. The lowest BCUT2D eigenvalue weighted by molar-refractivity contribution is 0.222. The summed E-state index contributed by atoms with van der Waals surface area (Å²) in [5, 5.41) is 6.44. The van der Waals surface area contributed by atoms with Crippen LogP contribution in [-0.2, 0) is 17.1 Å². The molecular weight excluding hydrogens is 416 g/mol. The van der Waals surface area contributed by atoms with Crippen LogP contribution in [0.15, 0.2) is 35.5 Å². The van der Waals surface area contributed by atoms with E-state index in [0.29, 0.717) is 41.7 Å². The van der Waals surface area contributed by atoms with Gasteiger partial charge in [0.15, 0.2) is 17.0 Å². The highest BCUT2D eigenvalue weighted by Gasteiger charge is 2.27. The molecule has 1 saturated heterocycles. The van der Waals surface area contributed by atoms with E-state index in [2.05, 4.69) is 37.4 Å². The Morgan fingerprint density at radius 2 is 1.87 bits per heavy atom. The standard InChI is InChI=1S/C20H28N8O2S/c1-4-8-21-18-17-19(27(3)14-22-17)25-20(24-18)23-15-6-5-7-16(13-15)31(29,30)28-11-9-26(2)10-12-28/h5-7,13-14H,4,8-12H2,1-3H3,(H2,21,23,24,25). The van der Waals surface area contributed by atoms with E-state index in [1.54, 1.807) is 30.6 Å². The van der Waals surface area contributed by atoms with Crippen molar-refractivity contribution < 1.29 is 8.42 Å². The minimum atomic E-state index is -3.55. The first-order chi connectivity index (χ1) is 14.9. The molecule has 0 atom stereocenters. The van der Waals surface area contributed by atoms with Gasteiger partial charge in [0.05, 0.1) is 11.2 Å². The minimum Gasteiger partial charge on any atom is -0.368 e. The molecule has 0 unspecified atom stereocenters. The quantitative estimate of drug-likeness (QED) is 0.569. The van der Waals surface area contributed by atoms with Gasteiger partial charge in [0.2, 0.25) is 16.0 Å². The number of aromatic nitrogens is 4. The third kappa shape index (κ3) is 4.48. The molecule has 10 nitrogen and oxygen atoms in total. The van der Waals surface area contributed by atoms with Crippen LogP contribution < -0.4 is 10.6 Å². The van der Waals surface area contributed by atoms with Crippen molar-refractivity contribution >= 4 is 38.6 Å². The number of sulfonamides is 1. The molecule has 2 N–H and O–H groups in total. The van der Waals surface area contributed by atoms with Gasteiger partial charge < -0.3 is 20.1 Å². The van der Waals surface area contributed by atoms with Gasteiger partial charge in [0.25, 0.3) is 0 Å². The van der Waals surface area contributed by atoms with Crippen molar-refractivity contribution in [3.05, 3.63) is 30.6 Å². The number of hydrogen-bond donors (Lipinski definition) is 2. The Labute approximate surface area is 182 Å². The maximum atomic E-state index is 13.1. The van der Waals surface area contributed by atoms with Crippen LogP contribution in [0.4, 0.5) is 17.5 Å². The summed E-state index contributed by atoms with van der Waals surface area (Å²) in [6, 6.07) is 6.78. The van der Waals surface area contributed by atoms with Crippen molar-refractivity contribution in [2.45, 2.75) is 18.2 Å². The fraction of sp³-hybridized carbons (Fsp3) is 0.450. The smallest absolute Gasteiger partial charge is 0.243 e. The zero-order valence-electron chi connectivity index (χ0n) is 18.0. The molecule has 0 spiro atoms. The summed E-state index contributed by atoms with van der Waals surface area (Å²) in [4.78, 5) is 15.9. The molecule has 1 aliphatic heterocycles. The summed E-state index contributed by atoms with van der Waals surface area (Å²) in [5.74, 6) is 1.03. The lowest BCUT2D eigenvalue weighted by Gasteiger charge is -2.31. The Kier molecular flexibility index (Phi) is 6.08. The zero-order valence-corrected chi connectivity index (χ0v) is 18.9. The number of aryl methyl sites for hydroxylation is 1. The average Bonchev–Trinajstić information content (AvgIpc) is 3.13. The third-order valence-electron chi connectivity index (χ3n) is 5.29. The van der Waals surface area contributed by atoms with E-state index in [0.717, 1.165) is 26.1 Å². The predicted molar refractivity (Wildman–Crippen MR) is 121 cm³/mol. The third-order valence-corrected chi connectivity index (χ3v) is 7.19. The van der Waals surface area contributed by atoms with Gasteiger partial charge in [-0.2, -0.15) is 14.3 Å². The second kappa shape index (κ2) is 8.77. The zero-order chi connectivity index (χ0) is 22.0. The molecule has 0 amide bonds. The predicted octanol–water partition coefficient (Wildman–Crippen LogP) is 1.86. The molecule has 166 valence electrons. The van der Waals surface area contributed by atoms with Crippen molar-refractivity contribution in [1.29, 1.82) is 0 Å². The highest BCUT2D eigenvalue weighted by atomic mass is 32.2. The van der Waals surface area contributed by atoms with Crippen molar-refractivity contribution in [3.8, 4) is 0 Å². The Bertz CT molecular complexity index is 1170. The molecule has 31 heavy (non-hydrogen) atoms. The molecule has 11 heteroatoms. The summed E-state index contributed by atoms with van der Waals surface area (Å²) in [6.45, 7) is 5.27. The van der Waals surface area contributed by atoms with Crippen LogP contribution in [0.2, 0.25) is 0 Å². The van der Waals surface area contributed by atoms with Crippen LogP contribution in [0.5, 0.6) is 0 Å². The van der Waals surface area contributed by atoms with Gasteiger partial charge in [-0.1, -0.05) is 13.0 Å². The maximum absolute atomic E-state index is 13.1. The first-order valence-electron chi connectivity index (χ1n) is 10.4. The SMILES string of the molecule is CCCNc1nc(Nc2cccc(S(=O)(=O)N3CCN(C)CC3)c2)nc2c1ncn2C. The Hall–Kier alpha value is -2.76. The molecule has 0 bridgehead atoms. The lowest BCUT2D eigenvalue weighted by atomic mass is 10.3. The van der Waals surface area contributed by atoms with Crippen LogP contribution >= 0.6 is 0 Å². The molecule has 0 aliphatic carbocycles. The molecule has 0 radical (unpaired) electrons. The molecule has 3 aromatic rings. The van der Waals surface area contributed by atoms with Gasteiger partial charge >= 0.3 is 0 Å². The number of likely N-dealkylation sites (N-methyl/N-ethyl adjacent to an activating group) is 1. The Balaban J connectivity index is 1.62. The molecular formula is C20H28N8O2S. The molecule has 1 aromatic carbocycles. The maximum Gasteiger partial charge on any atom is 0.243 e. The largest absolute Gasteiger partial charge is 0.368 e. The highest BCUT2D eigenvalue weighted by molar-refractivity contribution is 7.89. The normalized spacial score (nSPS) is 16.0. The number of piperazine rings is 1. The number of imidazole rings is 1. The van der Waals surface area contributed by atoms with E-state index in [1.165, 1.54) is 4.31 Å². The van der Waals surface area contributed by atoms with Gasteiger partial charge in [0.1, 0.15) is 0 Å². The fourth-order valence-corrected chi connectivity index (χ4v) is 4.94. The average molecular weight is 445 g/mol. The van der Waals surface area contributed by atoms with Crippen molar-refractivity contribution in [2.75, 3.05) is 50.4 Å². The molecule has 3 heterocycles. The number of hydrogen-bond acceptors (Lipinski definition) is 8. The van der Waals surface area contributed by atoms with E-state index in [-0.39, 0.29) is 4.90 Å². The number of nitrogens with zero attached hydrogens (tertiary/aromatic N) is 6. The fourth-order valence-electron chi connectivity index (χ4n) is 3.47. The van der Waals surface area contributed by atoms with Crippen LogP contribution in [0, 0.1) is 0 Å². The molecule has 0 saturated carbocycles. The molecule has 4 rings (SSSR count). The molecule has 2 aromatic heterocycles. The van der Waals surface area contributed by atoms with Crippen LogP contribution in [0.3, 0.4) is 0 Å². The van der Waals surface area contributed by atoms with Gasteiger partial charge in [0, 0.05) is 45.5 Å². The summed E-state index contributed by atoms with van der Waals surface area (Å²) in [5.41, 5.74) is 2.00. The minimum absolute atomic E-state index is 0.257. The van der Waals surface area contributed by atoms with E-state index in [1.807, 2.05) is 18.7 Å². The summed E-state index contributed by atoms with van der Waals surface area (Å²) >= 11 is 0. The van der Waals surface area contributed by atoms with E-state index in [9.17, 15) is 8.42 Å². The lowest BCUT2D eigenvalue weighted by Crippen LogP contribution is -2.47. The first-order valence-corrected chi connectivity index (χ1v) is 11.8. The highest BCUT2D eigenvalue weighted by Crippen LogP contribution is 2.25. The van der Waals surface area contributed by atoms with E-state index in [4.69, 9.17) is 0 Å². The number of benzene rings is 1. The second-order valence-electron chi connectivity index (χ2n) is 7.71. The van der Waals surface area contributed by atoms with Gasteiger partial charge in [-0.15, -0.1) is 0 Å².